The van der Waals surface area contributed by atoms with Crippen LogP contribution in [0.3, 0.4) is 0 Å². The molecule has 0 amide bonds. The first-order chi connectivity index (χ1) is 6.74. The van der Waals surface area contributed by atoms with E-state index in [0.29, 0.717) is 5.82 Å². The standard InChI is InChI=1S/C5H8N2O.C4H6N2/c1-7-3-2-6-5(7)4-8;1-6-3-2-5-4-6/h2-3,8H,4H2,1H3;2-4H,1H3. The Morgan fingerprint density at radius 2 is 2.07 bits per heavy atom. The van der Waals surface area contributed by atoms with E-state index in [1.807, 2.05) is 24.9 Å². The SMILES string of the molecule is Cn1ccnc1.Cn1ccnc1CO. The molecule has 2 aromatic rings. The van der Waals surface area contributed by atoms with Gasteiger partial charge in [-0.3, -0.25) is 0 Å². The van der Waals surface area contributed by atoms with Crippen molar-refractivity contribution in [1.29, 1.82) is 0 Å². The Morgan fingerprint density at radius 3 is 2.29 bits per heavy atom. The van der Waals surface area contributed by atoms with Gasteiger partial charge in [-0.1, -0.05) is 0 Å². The zero-order chi connectivity index (χ0) is 10.4. The van der Waals surface area contributed by atoms with Crippen LogP contribution in [0.2, 0.25) is 0 Å². The van der Waals surface area contributed by atoms with E-state index in [0.717, 1.165) is 0 Å². The molecule has 2 rings (SSSR count). The van der Waals surface area contributed by atoms with Crippen LogP contribution >= 0.6 is 0 Å². The molecule has 1 N–H and O–H groups in total. The third-order valence-corrected chi connectivity index (χ3v) is 1.70. The van der Waals surface area contributed by atoms with Crippen molar-refractivity contribution in [3.63, 3.8) is 0 Å². The van der Waals surface area contributed by atoms with E-state index in [1.54, 1.807) is 29.5 Å². The van der Waals surface area contributed by atoms with Crippen molar-refractivity contribution in [2.24, 2.45) is 14.1 Å². The molecule has 0 atom stereocenters. The van der Waals surface area contributed by atoms with E-state index in [9.17, 15) is 0 Å². The number of aryl methyl sites for hydroxylation is 2. The molecule has 2 aromatic heterocycles. The van der Waals surface area contributed by atoms with Crippen molar-refractivity contribution in [1.82, 2.24) is 19.1 Å². The first-order valence-electron chi connectivity index (χ1n) is 4.23. The largest absolute Gasteiger partial charge is 0.388 e. The third kappa shape index (κ3) is 3.02. The Balaban J connectivity index is 0.000000146. The Hall–Kier alpha value is -1.62. The molecule has 0 radical (unpaired) electrons. The third-order valence-electron chi connectivity index (χ3n) is 1.70. The Morgan fingerprint density at radius 1 is 1.29 bits per heavy atom. The minimum absolute atomic E-state index is 0.0174. The number of nitrogens with zero attached hydrogens (tertiary/aromatic N) is 4. The monoisotopic (exact) mass is 194 g/mol. The summed E-state index contributed by atoms with van der Waals surface area (Å²) in [5, 5.41) is 8.52. The van der Waals surface area contributed by atoms with Gasteiger partial charge in [-0.05, 0) is 0 Å². The molecule has 5 nitrogen and oxygen atoms in total. The highest BCUT2D eigenvalue weighted by molar-refractivity contribution is 4.87. The van der Waals surface area contributed by atoms with Gasteiger partial charge in [0.2, 0.25) is 0 Å². The van der Waals surface area contributed by atoms with Crippen LogP contribution in [0.15, 0.2) is 31.1 Å². The second kappa shape index (κ2) is 5.18. The number of aromatic nitrogens is 4. The highest BCUT2D eigenvalue weighted by Crippen LogP contribution is 1.90. The summed E-state index contributed by atoms with van der Waals surface area (Å²) in [5.74, 6) is 0.699. The Kier molecular flexibility index (Phi) is 3.87. The molecule has 0 fully saturated rings. The lowest BCUT2D eigenvalue weighted by atomic mass is 10.6. The second-order valence-corrected chi connectivity index (χ2v) is 2.84. The number of imidazole rings is 2. The molecule has 0 spiro atoms. The van der Waals surface area contributed by atoms with E-state index < -0.39 is 0 Å². The number of hydrogen-bond donors (Lipinski definition) is 1. The van der Waals surface area contributed by atoms with Crippen molar-refractivity contribution in [3.8, 4) is 0 Å². The van der Waals surface area contributed by atoms with Crippen LogP contribution in [-0.2, 0) is 20.7 Å². The van der Waals surface area contributed by atoms with Gasteiger partial charge in [-0.2, -0.15) is 0 Å². The topological polar surface area (TPSA) is 55.9 Å². The summed E-state index contributed by atoms with van der Waals surface area (Å²) in [6.45, 7) is 0.0174. The number of hydrogen-bond acceptors (Lipinski definition) is 3. The Labute approximate surface area is 82.7 Å². The van der Waals surface area contributed by atoms with Crippen LogP contribution in [-0.4, -0.2) is 24.2 Å². The first kappa shape index (κ1) is 10.5. The maximum atomic E-state index is 8.52. The van der Waals surface area contributed by atoms with Crippen LogP contribution < -0.4 is 0 Å². The summed E-state index contributed by atoms with van der Waals surface area (Å²) in [6, 6.07) is 0. The van der Waals surface area contributed by atoms with Crippen molar-refractivity contribution in [2.75, 3.05) is 0 Å². The molecule has 0 saturated heterocycles. The van der Waals surface area contributed by atoms with Crippen LogP contribution in [0, 0.1) is 0 Å². The molecule has 0 aliphatic carbocycles. The fourth-order valence-electron chi connectivity index (χ4n) is 0.875. The minimum Gasteiger partial charge on any atom is -0.388 e. The molecule has 0 aromatic carbocycles. The lowest BCUT2D eigenvalue weighted by Gasteiger charge is -1.92. The lowest BCUT2D eigenvalue weighted by molar-refractivity contribution is 0.267. The molecular weight excluding hydrogens is 180 g/mol. The smallest absolute Gasteiger partial charge is 0.134 e. The molecule has 0 aliphatic heterocycles. The van der Waals surface area contributed by atoms with Crippen molar-refractivity contribution >= 4 is 0 Å². The van der Waals surface area contributed by atoms with Crippen molar-refractivity contribution in [3.05, 3.63) is 36.9 Å². The van der Waals surface area contributed by atoms with Gasteiger partial charge in [-0.15, -0.1) is 0 Å². The average molecular weight is 194 g/mol. The summed E-state index contributed by atoms with van der Waals surface area (Å²) in [7, 11) is 3.78. The van der Waals surface area contributed by atoms with Crippen LogP contribution in [0.4, 0.5) is 0 Å². The summed E-state index contributed by atoms with van der Waals surface area (Å²) < 4.78 is 3.67. The molecule has 5 heteroatoms. The van der Waals surface area contributed by atoms with E-state index >= 15 is 0 Å². The molecular formula is C9H14N4O. The van der Waals surface area contributed by atoms with E-state index in [-0.39, 0.29) is 6.61 Å². The maximum absolute atomic E-state index is 8.52. The highest BCUT2D eigenvalue weighted by Gasteiger charge is 1.91. The molecule has 0 aliphatic rings. The fraction of sp³-hybridized carbons (Fsp3) is 0.333. The highest BCUT2D eigenvalue weighted by atomic mass is 16.3. The van der Waals surface area contributed by atoms with E-state index in [4.69, 9.17) is 5.11 Å². The summed E-state index contributed by atoms with van der Waals surface area (Å²) in [4.78, 5) is 7.63. The predicted octanol–water partition coefficient (Wildman–Crippen LogP) is 0.332. The van der Waals surface area contributed by atoms with Crippen molar-refractivity contribution in [2.45, 2.75) is 6.61 Å². The summed E-state index contributed by atoms with van der Waals surface area (Å²) in [6.07, 6.45) is 8.84. The zero-order valence-corrected chi connectivity index (χ0v) is 8.33. The first-order valence-corrected chi connectivity index (χ1v) is 4.23. The normalized spacial score (nSPS) is 9.36. The molecule has 0 unspecified atom stereocenters. The van der Waals surface area contributed by atoms with Crippen LogP contribution in [0.1, 0.15) is 5.82 Å². The van der Waals surface area contributed by atoms with Gasteiger partial charge in [0.15, 0.2) is 0 Å². The molecule has 0 saturated carbocycles. The average Bonchev–Trinajstić information content (AvgIpc) is 2.77. The van der Waals surface area contributed by atoms with Gasteiger partial charge in [-0.25, -0.2) is 9.97 Å². The summed E-state index contributed by atoms with van der Waals surface area (Å²) >= 11 is 0. The van der Waals surface area contributed by atoms with Gasteiger partial charge < -0.3 is 14.2 Å². The van der Waals surface area contributed by atoms with Crippen LogP contribution in [0.25, 0.3) is 0 Å². The van der Waals surface area contributed by atoms with E-state index in [2.05, 4.69) is 9.97 Å². The zero-order valence-electron chi connectivity index (χ0n) is 8.33. The molecule has 0 bridgehead atoms. The lowest BCUT2D eigenvalue weighted by Crippen LogP contribution is -1.94. The van der Waals surface area contributed by atoms with Gasteiger partial charge >= 0.3 is 0 Å². The number of aliphatic hydroxyl groups is 1. The number of rotatable bonds is 1. The second-order valence-electron chi connectivity index (χ2n) is 2.84. The molecule has 76 valence electrons. The van der Waals surface area contributed by atoms with Gasteiger partial charge in [0.05, 0.1) is 6.33 Å². The Bertz CT molecular complexity index is 353. The number of aliphatic hydroxyl groups excluding tert-OH is 1. The minimum atomic E-state index is 0.0174. The van der Waals surface area contributed by atoms with Crippen molar-refractivity contribution < 1.29 is 5.11 Å². The van der Waals surface area contributed by atoms with Gasteiger partial charge in [0.1, 0.15) is 12.4 Å². The maximum Gasteiger partial charge on any atom is 0.134 e. The summed E-state index contributed by atoms with van der Waals surface area (Å²) in [5.41, 5.74) is 0. The van der Waals surface area contributed by atoms with Gasteiger partial charge in [0.25, 0.3) is 0 Å². The molecule has 2 heterocycles. The fourth-order valence-corrected chi connectivity index (χ4v) is 0.875. The van der Waals surface area contributed by atoms with E-state index in [1.165, 1.54) is 0 Å². The quantitative estimate of drug-likeness (QED) is 0.712. The molecule has 14 heavy (non-hydrogen) atoms. The predicted molar refractivity (Wildman–Crippen MR) is 52.3 cm³/mol. The van der Waals surface area contributed by atoms with Crippen LogP contribution in [0.5, 0.6) is 0 Å². The van der Waals surface area contributed by atoms with Gasteiger partial charge in [0, 0.05) is 38.9 Å².